The lowest BCUT2D eigenvalue weighted by atomic mass is 10.4. The second kappa shape index (κ2) is 5.40. The number of hydrogen-bond acceptors (Lipinski definition) is 5. The van der Waals surface area contributed by atoms with Crippen LogP contribution in [0.2, 0.25) is 0 Å². The molecule has 3 heterocycles. The van der Waals surface area contributed by atoms with Crippen molar-refractivity contribution >= 4 is 5.82 Å². The van der Waals surface area contributed by atoms with Crippen molar-refractivity contribution in [2.24, 2.45) is 0 Å². The van der Waals surface area contributed by atoms with Crippen LogP contribution in [-0.2, 0) is 6.54 Å². The first kappa shape index (κ1) is 13.4. The molecule has 0 aliphatic carbocycles. The fraction of sp³-hybridized carbons (Fsp3) is 0.267. The van der Waals surface area contributed by atoms with Crippen molar-refractivity contribution in [2.75, 3.05) is 11.9 Å². The van der Waals surface area contributed by atoms with Gasteiger partial charge in [0.1, 0.15) is 11.6 Å². The van der Waals surface area contributed by atoms with Crippen LogP contribution in [0.15, 0.2) is 41.3 Å². The van der Waals surface area contributed by atoms with Gasteiger partial charge in [0.2, 0.25) is 0 Å². The summed E-state index contributed by atoms with van der Waals surface area (Å²) in [6.07, 6.45) is 5.11. The molecule has 0 unspecified atom stereocenters. The quantitative estimate of drug-likeness (QED) is 0.736. The SMILES string of the molecule is Cc1cc(C)n(-c2cncc(N(C)Cc3ccco3)n2)n1. The van der Waals surface area contributed by atoms with Gasteiger partial charge in [-0.1, -0.05) is 0 Å². The van der Waals surface area contributed by atoms with E-state index in [9.17, 15) is 0 Å². The molecule has 0 amide bonds. The summed E-state index contributed by atoms with van der Waals surface area (Å²) in [5, 5.41) is 4.43. The van der Waals surface area contributed by atoms with Crippen LogP contribution in [0.1, 0.15) is 17.1 Å². The monoisotopic (exact) mass is 283 g/mol. The number of nitrogens with zero attached hydrogens (tertiary/aromatic N) is 5. The highest BCUT2D eigenvalue weighted by Crippen LogP contribution is 2.15. The maximum atomic E-state index is 5.36. The number of hydrogen-bond donors (Lipinski definition) is 0. The summed E-state index contributed by atoms with van der Waals surface area (Å²) >= 11 is 0. The smallest absolute Gasteiger partial charge is 0.174 e. The summed E-state index contributed by atoms with van der Waals surface area (Å²) in [6.45, 7) is 4.60. The molecule has 0 aliphatic heterocycles. The minimum absolute atomic E-state index is 0.641. The molecule has 0 bridgehead atoms. The molecule has 0 spiro atoms. The minimum atomic E-state index is 0.641. The van der Waals surface area contributed by atoms with Gasteiger partial charge in [-0.05, 0) is 32.0 Å². The van der Waals surface area contributed by atoms with E-state index < -0.39 is 0 Å². The molecular formula is C15H17N5O. The number of aromatic nitrogens is 4. The predicted octanol–water partition coefficient (Wildman–Crippen LogP) is 2.51. The van der Waals surface area contributed by atoms with Gasteiger partial charge >= 0.3 is 0 Å². The Morgan fingerprint density at radius 3 is 2.81 bits per heavy atom. The summed E-state index contributed by atoms with van der Waals surface area (Å²) < 4.78 is 7.15. The molecule has 6 heteroatoms. The van der Waals surface area contributed by atoms with Crippen LogP contribution in [0.3, 0.4) is 0 Å². The Labute approximate surface area is 123 Å². The Balaban J connectivity index is 1.87. The van der Waals surface area contributed by atoms with Gasteiger partial charge in [-0.2, -0.15) is 5.10 Å². The van der Waals surface area contributed by atoms with Crippen molar-refractivity contribution in [3.63, 3.8) is 0 Å². The Morgan fingerprint density at radius 1 is 1.29 bits per heavy atom. The van der Waals surface area contributed by atoms with E-state index >= 15 is 0 Å². The van der Waals surface area contributed by atoms with Crippen molar-refractivity contribution in [3.05, 3.63) is 54.0 Å². The first-order valence-electron chi connectivity index (χ1n) is 6.72. The molecule has 0 atom stereocenters. The molecule has 108 valence electrons. The van der Waals surface area contributed by atoms with E-state index in [0.29, 0.717) is 12.4 Å². The normalized spacial score (nSPS) is 10.8. The third-order valence-electron chi connectivity index (χ3n) is 3.20. The van der Waals surface area contributed by atoms with Gasteiger partial charge in [-0.15, -0.1) is 0 Å². The Kier molecular flexibility index (Phi) is 3.43. The number of aryl methyl sites for hydroxylation is 2. The Hall–Kier alpha value is -2.63. The van der Waals surface area contributed by atoms with E-state index in [2.05, 4.69) is 15.1 Å². The molecule has 0 aromatic carbocycles. The third kappa shape index (κ3) is 2.79. The van der Waals surface area contributed by atoms with E-state index in [-0.39, 0.29) is 0 Å². The van der Waals surface area contributed by atoms with Crippen molar-refractivity contribution in [2.45, 2.75) is 20.4 Å². The molecule has 21 heavy (non-hydrogen) atoms. The predicted molar refractivity (Wildman–Crippen MR) is 79.4 cm³/mol. The van der Waals surface area contributed by atoms with Crippen LogP contribution in [0, 0.1) is 13.8 Å². The van der Waals surface area contributed by atoms with Crippen LogP contribution in [0.25, 0.3) is 5.82 Å². The van der Waals surface area contributed by atoms with Crippen LogP contribution in [0.5, 0.6) is 0 Å². The van der Waals surface area contributed by atoms with Gasteiger partial charge in [0.15, 0.2) is 5.82 Å². The summed E-state index contributed by atoms with van der Waals surface area (Å²) in [5.74, 6) is 2.37. The number of furan rings is 1. The van der Waals surface area contributed by atoms with E-state index in [4.69, 9.17) is 4.42 Å². The summed E-state index contributed by atoms with van der Waals surface area (Å²) in [6, 6.07) is 5.83. The van der Waals surface area contributed by atoms with Crippen molar-refractivity contribution < 1.29 is 4.42 Å². The molecule has 0 saturated heterocycles. The Morgan fingerprint density at radius 2 is 2.14 bits per heavy atom. The second-order valence-corrected chi connectivity index (χ2v) is 5.01. The molecule has 0 fully saturated rings. The highest BCUT2D eigenvalue weighted by molar-refractivity contribution is 5.39. The topological polar surface area (TPSA) is 60.0 Å². The highest BCUT2D eigenvalue weighted by atomic mass is 16.3. The van der Waals surface area contributed by atoms with E-state index in [1.807, 2.05) is 44.0 Å². The first-order chi connectivity index (χ1) is 10.1. The number of rotatable bonds is 4. The lowest BCUT2D eigenvalue weighted by Crippen LogP contribution is -2.18. The van der Waals surface area contributed by atoms with Crippen LogP contribution in [0.4, 0.5) is 5.82 Å². The molecule has 3 aromatic heterocycles. The molecule has 6 nitrogen and oxygen atoms in total. The fourth-order valence-corrected chi connectivity index (χ4v) is 2.21. The maximum Gasteiger partial charge on any atom is 0.174 e. The first-order valence-corrected chi connectivity index (χ1v) is 6.72. The number of anilines is 1. The molecule has 0 radical (unpaired) electrons. The van der Waals surface area contributed by atoms with Crippen molar-refractivity contribution in [1.29, 1.82) is 0 Å². The zero-order valence-corrected chi connectivity index (χ0v) is 12.3. The summed E-state index contributed by atoms with van der Waals surface area (Å²) in [7, 11) is 1.96. The average Bonchev–Trinajstić information content (AvgIpc) is 3.08. The van der Waals surface area contributed by atoms with Gasteiger partial charge in [-0.25, -0.2) is 9.67 Å². The summed E-state index contributed by atoms with van der Waals surface area (Å²) in [4.78, 5) is 10.9. The van der Waals surface area contributed by atoms with Crippen molar-refractivity contribution in [1.82, 2.24) is 19.7 Å². The van der Waals surface area contributed by atoms with Gasteiger partial charge in [0.25, 0.3) is 0 Å². The average molecular weight is 283 g/mol. The molecule has 0 aliphatic rings. The lowest BCUT2D eigenvalue weighted by molar-refractivity contribution is 0.506. The lowest BCUT2D eigenvalue weighted by Gasteiger charge is -2.17. The van der Waals surface area contributed by atoms with E-state index in [0.717, 1.165) is 23.0 Å². The molecule has 0 N–H and O–H groups in total. The van der Waals surface area contributed by atoms with Gasteiger partial charge < -0.3 is 9.32 Å². The maximum absolute atomic E-state index is 5.36. The molecule has 3 aromatic rings. The fourth-order valence-electron chi connectivity index (χ4n) is 2.21. The van der Waals surface area contributed by atoms with Crippen LogP contribution < -0.4 is 4.90 Å². The largest absolute Gasteiger partial charge is 0.467 e. The molecule has 3 rings (SSSR count). The van der Waals surface area contributed by atoms with Gasteiger partial charge in [0.05, 0.1) is 30.9 Å². The standard InChI is InChI=1S/C15H17N5O/c1-11-7-12(2)20(18-11)15-9-16-8-14(17-15)19(3)10-13-5-4-6-21-13/h4-9H,10H2,1-3H3. The van der Waals surface area contributed by atoms with Crippen LogP contribution in [-0.4, -0.2) is 26.8 Å². The Bertz CT molecular complexity index is 732. The highest BCUT2D eigenvalue weighted by Gasteiger charge is 2.10. The van der Waals surface area contributed by atoms with Crippen molar-refractivity contribution in [3.8, 4) is 5.82 Å². The zero-order valence-electron chi connectivity index (χ0n) is 12.3. The molecule has 0 saturated carbocycles. The zero-order chi connectivity index (χ0) is 14.8. The van der Waals surface area contributed by atoms with E-state index in [1.54, 1.807) is 23.3 Å². The van der Waals surface area contributed by atoms with Crippen LogP contribution >= 0.6 is 0 Å². The third-order valence-corrected chi connectivity index (χ3v) is 3.20. The van der Waals surface area contributed by atoms with Gasteiger partial charge in [-0.3, -0.25) is 4.98 Å². The van der Waals surface area contributed by atoms with Gasteiger partial charge in [0, 0.05) is 12.7 Å². The minimum Gasteiger partial charge on any atom is -0.467 e. The van der Waals surface area contributed by atoms with E-state index in [1.165, 1.54) is 0 Å². The molecular weight excluding hydrogens is 266 g/mol. The summed E-state index contributed by atoms with van der Waals surface area (Å²) in [5.41, 5.74) is 2.00. The second-order valence-electron chi connectivity index (χ2n) is 5.01.